The van der Waals surface area contributed by atoms with E-state index in [-0.39, 0.29) is 11.9 Å². The van der Waals surface area contributed by atoms with Crippen molar-refractivity contribution in [1.82, 2.24) is 16.0 Å². The first kappa shape index (κ1) is 15.4. The minimum Gasteiger partial charge on any atom is -0.323 e. The molecule has 5 rings (SSSR count). The lowest BCUT2D eigenvalue weighted by molar-refractivity contribution is -0.125. The summed E-state index contributed by atoms with van der Waals surface area (Å²) in [6.45, 7) is 0. The van der Waals surface area contributed by atoms with Crippen LogP contribution in [0.15, 0.2) is 18.2 Å². The van der Waals surface area contributed by atoms with Gasteiger partial charge in [-0.3, -0.25) is 10.1 Å². The summed E-state index contributed by atoms with van der Waals surface area (Å²) in [7, 11) is 0. The van der Waals surface area contributed by atoms with Crippen LogP contribution in [0.25, 0.3) is 0 Å². The predicted molar refractivity (Wildman–Crippen MR) is 94.3 cm³/mol. The lowest BCUT2D eigenvalue weighted by Crippen LogP contribution is -2.52. The van der Waals surface area contributed by atoms with Crippen LogP contribution < -0.4 is 16.0 Å². The Bertz CT molecular complexity index is 736. The van der Waals surface area contributed by atoms with E-state index in [9.17, 15) is 9.59 Å². The van der Waals surface area contributed by atoms with E-state index < -0.39 is 5.54 Å². The minimum atomic E-state index is -0.651. The molecule has 1 saturated heterocycles. The minimum absolute atomic E-state index is 0.141. The molecule has 2 unspecified atom stereocenters. The highest BCUT2D eigenvalue weighted by Gasteiger charge is 2.48. The second-order valence-electron chi connectivity index (χ2n) is 8.23. The zero-order valence-electron chi connectivity index (χ0n) is 14.4. The van der Waals surface area contributed by atoms with Gasteiger partial charge in [0.15, 0.2) is 0 Å². The van der Waals surface area contributed by atoms with E-state index in [4.69, 9.17) is 0 Å². The number of carbonyl (C=O) groups excluding carboxylic acids is 2. The van der Waals surface area contributed by atoms with E-state index >= 15 is 0 Å². The second-order valence-corrected chi connectivity index (χ2v) is 8.23. The fourth-order valence-electron chi connectivity index (χ4n) is 5.58. The fraction of sp³-hybridized carbons (Fsp3) is 0.600. The normalized spacial score (nSPS) is 36.2. The van der Waals surface area contributed by atoms with Crippen LogP contribution in [-0.2, 0) is 11.2 Å². The maximum atomic E-state index is 12.1. The summed E-state index contributed by atoms with van der Waals surface area (Å²) in [5, 5.41) is 9.13. The molecule has 1 aromatic carbocycles. The molecule has 0 bridgehead atoms. The van der Waals surface area contributed by atoms with E-state index in [1.165, 1.54) is 31.2 Å². The Morgan fingerprint density at radius 3 is 2.72 bits per heavy atom. The molecule has 4 aliphatic rings. The van der Waals surface area contributed by atoms with Crippen molar-refractivity contribution >= 4 is 11.9 Å². The quantitative estimate of drug-likeness (QED) is 0.726. The van der Waals surface area contributed by atoms with Gasteiger partial charge in [-0.2, -0.15) is 0 Å². The number of imide groups is 1. The van der Waals surface area contributed by atoms with E-state index in [1.807, 2.05) is 0 Å². The van der Waals surface area contributed by atoms with Gasteiger partial charge in [-0.15, -0.1) is 0 Å². The van der Waals surface area contributed by atoms with Crippen LogP contribution in [0.4, 0.5) is 4.79 Å². The zero-order chi connectivity index (χ0) is 17.0. The molecule has 1 spiro atoms. The molecule has 25 heavy (non-hydrogen) atoms. The first-order valence-corrected chi connectivity index (χ1v) is 9.66. The third-order valence-corrected chi connectivity index (χ3v) is 6.82. The molecule has 2 atom stereocenters. The van der Waals surface area contributed by atoms with Crippen molar-refractivity contribution in [2.45, 2.75) is 74.9 Å². The molecular formula is C20H25N3O2. The highest BCUT2D eigenvalue weighted by molar-refractivity contribution is 6.07. The molecule has 5 nitrogen and oxygen atoms in total. The van der Waals surface area contributed by atoms with Gasteiger partial charge in [0.1, 0.15) is 5.54 Å². The van der Waals surface area contributed by atoms with Crippen LogP contribution in [0.1, 0.15) is 73.6 Å². The molecule has 2 fully saturated rings. The Morgan fingerprint density at radius 1 is 1.12 bits per heavy atom. The summed E-state index contributed by atoms with van der Waals surface area (Å²) in [6.07, 6.45) is 8.40. The largest absolute Gasteiger partial charge is 0.323 e. The topological polar surface area (TPSA) is 70.2 Å². The second kappa shape index (κ2) is 5.56. The van der Waals surface area contributed by atoms with E-state index in [0.717, 1.165) is 31.6 Å². The molecule has 1 aliphatic heterocycles. The van der Waals surface area contributed by atoms with Crippen LogP contribution >= 0.6 is 0 Å². The van der Waals surface area contributed by atoms with Crippen LogP contribution in [-0.4, -0.2) is 23.5 Å². The summed E-state index contributed by atoms with van der Waals surface area (Å²) in [5.74, 6) is 0.588. The summed E-state index contributed by atoms with van der Waals surface area (Å²) >= 11 is 0. The van der Waals surface area contributed by atoms with Crippen molar-refractivity contribution in [2.24, 2.45) is 0 Å². The number of hydrogen-bond donors (Lipinski definition) is 3. The number of urea groups is 1. The molecule has 1 aromatic rings. The maximum absolute atomic E-state index is 12.1. The molecular weight excluding hydrogens is 314 g/mol. The molecule has 132 valence electrons. The monoisotopic (exact) mass is 339 g/mol. The first-order chi connectivity index (χ1) is 12.1. The van der Waals surface area contributed by atoms with Crippen molar-refractivity contribution in [3.05, 3.63) is 34.9 Å². The number of aryl methyl sites for hydroxylation is 1. The summed E-state index contributed by atoms with van der Waals surface area (Å²) < 4.78 is 0. The molecule has 0 radical (unpaired) electrons. The Morgan fingerprint density at radius 2 is 1.96 bits per heavy atom. The molecule has 0 aromatic heterocycles. The van der Waals surface area contributed by atoms with Crippen LogP contribution in [0, 0.1) is 0 Å². The SMILES string of the molecule is O=C1NC(=O)C2(CCC(NC3CC4CCCc5cccc3c54)CC2)N1. The number of amides is 3. The van der Waals surface area contributed by atoms with Crippen LogP contribution in [0.5, 0.6) is 0 Å². The Hall–Kier alpha value is -1.88. The Kier molecular flexibility index (Phi) is 3.42. The van der Waals surface area contributed by atoms with Gasteiger partial charge in [0, 0.05) is 12.1 Å². The average Bonchev–Trinajstić information content (AvgIpc) is 3.09. The van der Waals surface area contributed by atoms with Gasteiger partial charge in [0.05, 0.1) is 0 Å². The fourth-order valence-corrected chi connectivity index (χ4v) is 5.58. The number of hydrogen-bond acceptors (Lipinski definition) is 3. The first-order valence-electron chi connectivity index (χ1n) is 9.66. The van der Waals surface area contributed by atoms with E-state index in [0.29, 0.717) is 12.1 Å². The highest BCUT2D eigenvalue weighted by atomic mass is 16.2. The van der Waals surface area contributed by atoms with Gasteiger partial charge >= 0.3 is 6.03 Å². The highest BCUT2D eigenvalue weighted by Crippen LogP contribution is 2.48. The third kappa shape index (κ3) is 2.40. The Labute approximate surface area is 147 Å². The molecule has 3 aliphatic carbocycles. The van der Waals surface area contributed by atoms with E-state index in [1.54, 1.807) is 11.1 Å². The molecule has 3 N–H and O–H groups in total. The number of nitrogens with one attached hydrogen (secondary N) is 3. The lowest BCUT2D eigenvalue weighted by Gasteiger charge is -2.36. The van der Waals surface area contributed by atoms with Gasteiger partial charge in [-0.05, 0) is 74.0 Å². The molecule has 1 heterocycles. The van der Waals surface area contributed by atoms with Gasteiger partial charge < -0.3 is 10.6 Å². The zero-order valence-corrected chi connectivity index (χ0v) is 14.4. The predicted octanol–water partition coefficient (Wildman–Crippen LogP) is 2.66. The van der Waals surface area contributed by atoms with Crippen LogP contribution in [0.2, 0.25) is 0 Å². The van der Waals surface area contributed by atoms with Gasteiger partial charge in [-0.1, -0.05) is 18.2 Å². The molecule has 1 saturated carbocycles. The van der Waals surface area contributed by atoms with Gasteiger partial charge in [0.2, 0.25) is 0 Å². The van der Waals surface area contributed by atoms with Gasteiger partial charge in [-0.25, -0.2) is 4.79 Å². The van der Waals surface area contributed by atoms with Crippen molar-refractivity contribution in [3.8, 4) is 0 Å². The number of rotatable bonds is 2. The van der Waals surface area contributed by atoms with Crippen LogP contribution in [0.3, 0.4) is 0 Å². The maximum Gasteiger partial charge on any atom is 0.322 e. The summed E-state index contributed by atoms with van der Waals surface area (Å²) in [4.78, 5) is 23.6. The lowest BCUT2D eigenvalue weighted by atomic mass is 9.79. The smallest absolute Gasteiger partial charge is 0.322 e. The summed E-state index contributed by atoms with van der Waals surface area (Å²) in [6, 6.07) is 7.36. The van der Waals surface area contributed by atoms with Crippen molar-refractivity contribution in [1.29, 1.82) is 0 Å². The third-order valence-electron chi connectivity index (χ3n) is 6.82. The van der Waals surface area contributed by atoms with Crippen molar-refractivity contribution in [3.63, 3.8) is 0 Å². The molecule has 3 amide bonds. The standard InChI is InChI=1S/C20H25N3O2/c24-18-20(23-19(25)22-18)9-7-14(8-10-20)21-16-11-13-5-1-3-12-4-2-6-15(16)17(12)13/h2,4,6,13-14,16,21H,1,3,5,7-11H2,(H2,22,23,24,25). The van der Waals surface area contributed by atoms with Crippen molar-refractivity contribution < 1.29 is 9.59 Å². The summed E-state index contributed by atoms with van der Waals surface area (Å²) in [5.41, 5.74) is 4.04. The molecule has 5 heteroatoms. The van der Waals surface area contributed by atoms with E-state index in [2.05, 4.69) is 34.1 Å². The average molecular weight is 339 g/mol. The number of carbonyl (C=O) groups is 2. The van der Waals surface area contributed by atoms with Gasteiger partial charge in [0.25, 0.3) is 5.91 Å². The number of benzene rings is 1. The van der Waals surface area contributed by atoms with Crippen molar-refractivity contribution in [2.75, 3.05) is 0 Å². The Balaban J connectivity index is 1.28.